The first-order valence-corrected chi connectivity index (χ1v) is 10.7. The molecule has 0 spiro atoms. The van der Waals surface area contributed by atoms with Gasteiger partial charge in [-0.25, -0.2) is 0 Å². The van der Waals surface area contributed by atoms with Crippen molar-refractivity contribution in [2.75, 3.05) is 19.8 Å². The third kappa shape index (κ3) is 4.54. The zero-order chi connectivity index (χ0) is 22.6. The molecule has 0 atom stereocenters. The molecule has 2 aromatic carbocycles. The third-order valence-corrected chi connectivity index (χ3v) is 5.91. The number of carbonyl (C=O) groups excluding carboxylic acids is 3. The van der Waals surface area contributed by atoms with Crippen molar-refractivity contribution in [3.63, 3.8) is 0 Å². The number of aryl methyl sites for hydroxylation is 1. The van der Waals surface area contributed by atoms with E-state index in [1.165, 1.54) is 0 Å². The number of hydrogen-bond donors (Lipinski definition) is 2. The van der Waals surface area contributed by atoms with Crippen molar-refractivity contribution >= 4 is 17.8 Å². The fourth-order valence-electron chi connectivity index (χ4n) is 4.14. The van der Waals surface area contributed by atoms with E-state index in [0.717, 1.165) is 24.0 Å². The highest BCUT2D eigenvalue weighted by Gasteiger charge is 2.45. The molecule has 2 aromatic rings. The van der Waals surface area contributed by atoms with Crippen molar-refractivity contribution in [1.29, 1.82) is 0 Å². The second kappa shape index (κ2) is 9.30. The van der Waals surface area contributed by atoms with Crippen LogP contribution in [-0.2, 0) is 19.7 Å². The minimum absolute atomic E-state index is 0.413. The van der Waals surface area contributed by atoms with Crippen LogP contribution in [0.15, 0.2) is 42.5 Å². The molecule has 2 N–H and O–H groups in total. The van der Waals surface area contributed by atoms with Gasteiger partial charge in [0.1, 0.15) is 13.2 Å². The first-order chi connectivity index (χ1) is 15.5. The van der Waals surface area contributed by atoms with Gasteiger partial charge >= 0.3 is 5.97 Å². The molecule has 2 aliphatic rings. The predicted octanol–water partition coefficient (Wildman–Crippen LogP) is 2.58. The summed E-state index contributed by atoms with van der Waals surface area (Å²) >= 11 is 0. The number of amides is 2. The van der Waals surface area contributed by atoms with E-state index in [2.05, 4.69) is 10.9 Å². The summed E-state index contributed by atoms with van der Waals surface area (Å²) in [7, 11) is 0. The van der Waals surface area contributed by atoms with Crippen LogP contribution in [0.3, 0.4) is 0 Å². The predicted molar refractivity (Wildman–Crippen MR) is 115 cm³/mol. The van der Waals surface area contributed by atoms with E-state index >= 15 is 0 Å². The minimum Gasteiger partial charge on any atom is -0.486 e. The molecule has 2 amide bonds. The second-order valence-corrected chi connectivity index (χ2v) is 8.09. The lowest BCUT2D eigenvalue weighted by Gasteiger charge is -2.28. The summed E-state index contributed by atoms with van der Waals surface area (Å²) in [6.07, 6.45) is 3.05. The summed E-state index contributed by atoms with van der Waals surface area (Å²) < 4.78 is 16.6. The lowest BCUT2D eigenvalue weighted by Crippen LogP contribution is -2.44. The van der Waals surface area contributed by atoms with Gasteiger partial charge in [0, 0.05) is 5.56 Å². The van der Waals surface area contributed by atoms with Crippen molar-refractivity contribution in [3.8, 4) is 11.5 Å². The monoisotopic (exact) mass is 438 g/mol. The molecule has 1 fully saturated rings. The van der Waals surface area contributed by atoms with Crippen LogP contribution in [-0.4, -0.2) is 37.6 Å². The number of benzene rings is 2. The Morgan fingerprint density at radius 2 is 1.62 bits per heavy atom. The first kappa shape index (κ1) is 21.7. The Hall–Kier alpha value is -3.55. The number of carbonyl (C=O) groups is 3. The van der Waals surface area contributed by atoms with Gasteiger partial charge in [0.05, 0.1) is 5.41 Å². The smallest absolute Gasteiger partial charge is 0.317 e. The van der Waals surface area contributed by atoms with E-state index in [1.54, 1.807) is 24.3 Å². The van der Waals surface area contributed by atoms with Crippen LogP contribution >= 0.6 is 0 Å². The molecular weight excluding hydrogens is 412 g/mol. The highest BCUT2D eigenvalue weighted by atomic mass is 16.6. The number of ether oxygens (including phenoxy) is 3. The van der Waals surface area contributed by atoms with Gasteiger partial charge in [-0.2, -0.15) is 0 Å². The maximum absolute atomic E-state index is 13.1. The summed E-state index contributed by atoms with van der Waals surface area (Å²) in [5.41, 5.74) is 6.03. The lowest BCUT2D eigenvalue weighted by atomic mass is 9.78. The fourth-order valence-corrected chi connectivity index (χ4v) is 4.14. The quantitative estimate of drug-likeness (QED) is 0.550. The Balaban J connectivity index is 1.35. The van der Waals surface area contributed by atoms with Gasteiger partial charge in [0.15, 0.2) is 18.1 Å². The van der Waals surface area contributed by atoms with Crippen LogP contribution in [0, 0.1) is 6.92 Å². The van der Waals surface area contributed by atoms with Crippen LogP contribution < -0.4 is 20.3 Å². The van der Waals surface area contributed by atoms with E-state index in [9.17, 15) is 14.4 Å². The summed E-state index contributed by atoms with van der Waals surface area (Å²) in [4.78, 5) is 37.3. The van der Waals surface area contributed by atoms with Crippen molar-refractivity contribution in [2.24, 2.45) is 0 Å². The Bertz CT molecular complexity index is 1010. The summed E-state index contributed by atoms with van der Waals surface area (Å²) in [5, 5.41) is 0. The molecule has 0 radical (unpaired) electrons. The van der Waals surface area contributed by atoms with Crippen molar-refractivity contribution in [2.45, 2.75) is 38.0 Å². The first-order valence-electron chi connectivity index (χ1n) is 10.7. The Morgan fingerprint density at radius 1 is 0.938 bits per heavy atom. The molecule has 8 nitrogen and oxygen atoms in total. The summed E-state index contributed by atoms with van der Waals surface area (Å²) in [6.45, 7) is 2.39. The molecule has 0 aromatic heterocycles. The normalized spacial score (nSPS) is 16.2. The second-order valence-electron chi connectivity index (χ2n) is 8.09. The number of esters is 1. The molecule has 8 heteroatoms. The minimum atomic E-state index is -0.818. The van der Waals surface area contributed by atoms with E-state index < -0.39 is 29.8 Å². The van der Waals surface area contributed by atoms with Gasteiger partial charge in [-0.05, 0) is 49.6 Å². The topological polar surface area (TPSA) is 103 Å². The molecule has 1 heterocycles. The van der Waals surface area contributed by atoms with Crippen LogP contribution in [0.1, 0.15) is 47.2 Å². The highest BCUT2D eigenvalue weighted by Crippen LogP contribution is 2.45. The maximum atomic E-state index is 13.1. The van der Waals surface area contributed by atoms with E-state index in [1.807, 2.05) is 25.1 Å². The number of hydrazine groups is 1. The molecule has 0 unspecified atom stereocenters. The van der Waals surface area contributed by atoms with Crippen molar-refractivity contribution in [1.82, 2.24) is 10.9 Å². The van der Waals surface area contributed by atoms with Crippen LogP contribution in [0.2, 0.25) is 0 Å². The molecule has 1 aliphatic heterocycles. The molecule has 0 saturated heterocycles. The van der Waals surface area contributed by atoms with Crippen LogP contribution in [0.5, 0.6) is 11.5 Å². The molecular formula is C24H26N2O6. The van der Waals surface area contributed by atoms with Gasteiger partial charge < -0.3 is 14.2 Å². The number of fused-ring (bicyclic) bond motifs is 1. The maximum Gasteiger partial charge on any atom is 0.317 e. The van der Waals surface area contributed by atoms with E-state index in [4.69, 9.17) is 14.2 Å². The highest BCUT2D eigenvalue weighted by molar-refractivity contribution is 5.95. The Morgan fingerprint density at radius 3 is 2.34 bits per heavy atom. The third-order valence-electron chi connectivity index (χ3n) is 5.91. The van der Waals surface area contributed by atoms with Gasteiger partial charge in [-0.3, -0.25) is 25.2 Å². The van der Waals surface area contributed by atoms with Gasteiger partial charge in [0.2, 0.25) is 0 Å². The molecule has 0 bridgehead atoms. The molecule has 32 heavy (non-hydrogen) atoms. The summed E-state index contributed by atoms with van der Waals surface area (Å²) in [6, 6.07) is 12.4. The number of rotatable bonds is 5. The van der Waals surface area contributed by atoms with Gasteiger partial charge in [-0.15, -0.1) is 0 Å². The van der Waals surface area contributed by atoms with Crippen molar-refractivity contribution < 1.29 is 28.6 Å². The molecule has 1 saturated carbocycles. The van der Waals surface area contributed by atoms with E-state index in [0.29, 0.717) is 43.1 Å². The lowest BCUT2D eigenvalue weighted by molar-refractivity contribution is -0.154. The zero-order valence-electron chi connectivity index (χ0n) is 17.9. The fraction of sp³-hybridized carbons (Fsp3) is 0.375. The molecule has 168 valence electrons. The van der Waals surface area contributed by atoms with Crippen molar-refractivity contribution in [3.05, 3.63) is 59.2 Å². The number of hydrogen-bond acceptors (Lipinski definition) is 6. The Labute approximate surface area is 186 Å². The van der Waals surface area contributed by atoms with Gasteiger partial charge in [-0.1, -0.05) is 36.6 Å². The standard InChI is InChI=1S/C24H26N2O6/c1-16-4-6-17(7-5-16)22(28)26-25-21(27)15-32-23(29)24(10-2-3-11-24)18-8-9-19-20(14-18)31-13-12-30-19/h4-9,14H,2-3,10-13,15H2,1H3,(H,25,27)(H,26,28). The molecule has 1 aliphatic carbocycles. The molecule has 4 rings (SSSR count). The average molecular weight is 438 g/mol. The SMILES string of the molecule is Cc1ccc(C(=O)NNC(=O)COC(=O)C2(c3ccc4c(c3)OCCO4)CCCC2)cc1. The average Bonchev–Trinajstić information content (AvgIpc) is 3.32. The van der Waals surface area contributed by atoms with Gasteiger partial charge in [0.25, 0.3) is 11.8 Å². The summed E-state index contributed by atoms with van der Waals surface area (Å²) in [5.74, 6) is -0.247. The zero-order valence-corrected chi connectivity index (χ0v) is 17.9. The van der Waals surface area contributed by atoms with E-state index in [-0.39, 0.29) is 0 Å². The number of nitrogens with one attached hydrogen (secondary N) is 2. The van der Waals surface area contributed by atoms with Crippen LogP contribution in [0.25, 0.3) is 0 Å². The largest absolute Gasteiger partial charge is 0.486 e. The van der Waals surface area contributed by atoms with Crippen LogP contribution in [0.4, 0.5) is 0 Å². The Kier molecular flexibility index (Phi) is 6.30.